The van der Waals surface area contributed by atoms with Crippen molar-refractivity contribution in [2.45, 2.75) is 6.92 Å². The average molecular weight is 391 g/mol. The number of fused-ring (bicyclic) bond motifs is 4. The number of aromatic nitrogens is 4. The first-order valence-corrected chi connectivity index (χ1v) is 9.13. The molecule has 1 N–H and O–H groups in total. The third-order valence-electron chi connectivity index (χ3n) is 4.96. The molecule has 1 amide bonds. The number of likely N-dealkylation sites (N-methyl/N-ethyl adjacent to an activating group) is 1. The normalized spacial score (nSPS) is 13.6. The monoisotopic (exact) mass is 391 g/mol. The molecule has 0 atom stereocenters. The molecule has 4 heterocycles. The lowest BCUT2D eigenvalue weighted by molar-refractivity contribution is -0.120. The van der Waals surface area contributed by atoms with Gasteiger partial charge in [-0.05, 0) is 25.1 Å². The molecule has 1 aliphatic heterocycles. The van der Waals surface area contributed by atoms with Crippen LogP contribution in [0.3, 0.4) is 0 Å². The number of aromatic amines is 1. The molecule has 0 radical (unpaired) electrons. The van der Waals surface area contributed by atoms with Crippen molar-refractivity contribution in [3.05, 3.63) is 47.1 Å². The quantitative estimate of drug-likeness (QED) is 0.573. The van der Waals surface area contributed by atoms with Gasteiger partial charge in [0.2, 0.25) is 0 Å². The smallest absolute Gasteiger partial charge is 0.332 e. The molecule has 0 saturated heterocycles. The highest BCUT2D eigenvalue weighted by Crippen LogP contribution is 2.38. The molecule has 0 unspecified atom stereocenters. The molecular weight excluding hydrogens is 374 g/mol. The summed E-state index contributed by atoms with van der Waals surface area (Å²) < 4.78 is 12.9. The van der Waals surface area contributed by atoms with Crippen LogP contribution in [0.25, 0.3) is 27.8 Å². The minimum atomic E-state index is -0.329. The van der Waals surface area contributed by atoms with E-state index in [1.807, 2.05) is 19.1 Å². The fraction of sp³-hybridized carbons (Fsp3) is 0.200. The Labute approximate surface area is 164 Å². The summed E-state index contributed by atoms with van der Waals surface area (Å²) in [5, 5.41) is 0.711. The van der Waals surface area contributed by atoms with E-state index < -0.39 is 0 Å². The zero-order valence-corrected chi connectivity index (χ0v) is 15.8. The number of carbonyl (C=O) groups excluding carboxylic acids is 1. The molecule has 146 valence electrons. The van der Waals surface area contributed by atoms with Crippen LogP contribution in [0.5, 0.6) is 11.5 Å². The standard InChI is InChI=1S/C20H17N5O4/c1-3-28-15-6-7-21-19-17(15)25(20(27)23-19)11-4-5-13-12(8-11)18-14(9-22-13)24(2)16(26)10-29-18/h4-9H,3,10H2,1-2H3,(H,21,23,27). The van der Waals surface area contributed by atoms with Crippen LogP contribution in [0.1, 0.15) is 6.92 Å². The molecule has 0 saturated carbocycles. The van der Waals surface area contributed by atoms with Crippen LogP contribution in [0.15, 0.2) is 41.5 Å². The van der Waals surface area contributed by atoms with E-state index in [4.69, 9.17) is 9.47 Å². The van der Waals surface area contributed by atoms with Crippen molar-refractivity contribution in [3.8, 4) is 17.2 Å². The molecular formula is C20H17N5O4. The summed E-state index contributed by atoms with van der Waals surface area (Å²) in [6.07, 6.45) is 3.21. The van der Waals surface area contributed by atoms with Gasteiger partial charge in [-0.1, -0.05) is 0 Å². The summed E-state index contributed by atoms with van der Waals surface area (Å²) in [5.41, 5.74) is 2.58. The van der Waals surface area contributed by atoms with Gasteiger partial charge in [0, 0.05) is 24.7 Å². The maximum Gasteiger partial charge on any atom is 0.332 e. The van der Waals surface area contributed by atoms with Crippen LogP contribution in [-0.2, 0) is 4.79 Å². The van der Waals surface area contributed by atoms with Crippen molar-refractivity contribution >= 4 is 33.7 Å². The van der Waals surface area contributed by atoms with Gasteiger partial charge < -0.3 is 14.4 Å². The minimum absolute atomic E-state index is 0.0434. The van der Waals surface area contributed by atoms with Crippen LogP contribution in [0, 0.1) is 0 Å². The van der Waals surface area contributed by atoms with E-state index in [-0.39, 0.29) is 18.2 Å². The van der Waals surface area contributed by atoms with E-state index in [0.29, 0.717) is 51.5 Å². The van der Waals surface area contributed by atoms with E-state index in [1.165, 1.54) is 9.47 Å². The second-order valence-electron chi connectivity index (χ2n) is 6.62. The number of ether oxygens (including phenoxy) is 2. The fourth-order valence-electron chi connectivity index (χ4n) is 3.56. The summed E-state index contributed by atoms with van der Waals surface area (Å²) in [6, 6.07) is 7.16. The van der Waals surface area contributed by atoms with E-state index in [0.717, 1.165) is 0 Å². The first-order valence-electron chi connectivity index (χ1n) is 9.13. The molecule has 1 aliphatic rings. The molecule has 9 heteroatoms. The van der Waals surface area contributed by atoms with Gasteiger partial charge in [-0.25, -0.2) is 9.78 Å². The van der Waals surface area contributed by atoms with Crippen LogP contribution in [0.2, 0.25) is 0 Å². The summed E-state index contributed by atoms with van der Waals surface area (Å²) in [7, 11) is 1.69. The summed E-state index contributed by atoms with van der Waals surface area (Å²) in [6.45, 7) is 2.30. The number of pyridine rings is 2. The van der Waals surface area contributed by atoms with Crippen molar-refractivity contribution < 1.29 is 14.3 Å². The van der Waals surface area contributed by atoms with Gasteiger partial charge in [-0.2, -0.15) is 0 Å². The molecule has 0 spiro atoms. The highest BCUT2D eigenvalue weighted by molar-refractivity contribution is 6.02. The maximum atomic E-state index is 12.7. The number of H-pyrrole nitrogens is 1. The first-order chi connectivity index (χ1) is 14.1. The molecule has 0 aliphatic carbocycles. The number of nitrogens with one attached hydrogen (secondary N) is 1. The third kappa shape index (κ3) is 2.54. The second-order valence-corrected chi connectivity index (χ2v) is 6.62. The predicted molar refractivity (Wildman–Crippen MR) is 107 cm³/mol. The van der Waals surface area contributed by atoms with Gasteiger partial charge in [0.25, 0.3) is 5.91 Å². The molecule has 0 bridgehead atoms. The Balaban J connectivity index is 1.78. The lowest BCUT2D eigenvalue weighted by Gasteiger charge is -2.26. The summed E-state index contributed by atoms with van der Waals surface area (Å²) in [5.74, 6) is 0.982. The number of carbonyl (C=O) groups is 1. The Bertz CT molecular complexity index is 1340. The summed E-state index contributed by atoms with van der Waals surface area (Å²) >= 11 is 0. The number of rotatable bonds is 3. The number of nitrogens with zero attached hydrogens (tertiary/aromatic N) is 4. The first kappa shape index (κ1) is 17.2. The number of hydrogen-bond donors (Lipinski definition) is 1. The fourth-order valence-corrected chi connectivity index (χ4v) is 3.56. The number of amides is 1. The van der Waals surface area contributed by atoms with Crippen LogP contribution in [0.4, 0.5) is 5.69 Å². The highest BCUT2D eigenvalue weighted by atomic mass is 16.5. The Hall–Kier alpha value is -3.88. The Kier molecular flexibility index (Phi) is 3.76. The molecule has 29 heavy (non-hydrogen) atoms. The van der Waals surface area contributed by atoms with Crippen molar-refractivity contribution in [1.82, 2.24) is 19.5 Å². The van der Waals surface area contributed by atoms with Gasteiger partial charge in [0.15, 0.2) is 18.0 Å². The maximum absolute atomic E-state index is 12.7. The molecule has 0 fully saturated rings. The molecule has 4 aromatic rings. The molecule has 3 aromatic heterocycles. The van der Waals surface area contributed by atoms with E-state index in [1.54, 1.807) is 31.6 Å². The number of imidazole rings is 1. The van der Waals surface area contributed by atoms with E-state index >= 15 is 0 Å². The number of hydrogen-bond acceptors (Lipinski definition) is 6. The van der Waals surface area contributed by atoms with Crippen molar-refractivity contribution in [3.63, 3.8) is 0 Å². The minimum Gasteiger partial charge on any atom is -0.491 e. The van der Waals surface area contributed by atoms with Crippen molar-refractivity contribution in [2.24, 2.45) is 0 Å². The van der Waals surface area contributed by atoms with E-state index in [9.17, 15) is 9.59 Å². The number of benzene rings is 1. The largest absolute Gasteiger partial charge is 0.491 e. The zero-order valence-electron chi connectivity index (χ0n) is 15.8. The van der Waals surface area contributed by atoms with Gasteiger partial charge >= 0.3 is 5.69 Å². The van der Waals surface area contributed by atoms with Crippen molar-refractivity contribution in [1.29, 1.82) is 0 Å². The molecule has 5 rings (SSSR count). The van der Waals surface area contributed by atoms with Gasteiger partial charge in [-0.15, -0.1) is 0 Å². The van der Waals surface area contributed by atoms with E-state index in [2.05, 4.69) is 15.0 Å². The van der Waals surface area contributed by atoms with Crippen LogP contribution >= 0.6 is 0 Å². The van der Waals surface area contributed by atoms with Crippen LogP contribution in [-0.4, -0.2) is 45.7 Å². The van der Waals surface area contributed by atoms with Gasteiger partial charge in [-0.3, -0.25) is 19.3 Å². The highest BCUT2D eigenvalue weighted by Gasteiger charge is 2.25. The SMILES string of the molecule is CCOc1ccnc2[nH]c(=O)n(-c3ccc4ncc5c(c4c3)OCC(=O)N5C)c12. The average Bonchev–Trinajstić information content (AvgIpc) is 3.07. The second kappa shape index (κ2) is 6.33. The lowest BCUT2D eigenvalue weighted by atomic mass is 10.1. The Morgan fingerprint density at radius 3 is 2.93 bits per heavy atom. The van der Waals surface area contributed by atoms with Gasteiger partial charge in [0.05, 0.1) is 24.0 Å². The molecule has 1 aromatic carbocycles. The Morgan fingerprint density at radius 1 is 1.24 bits per heavy atom. The van der Waals surface area contributed by atoms with Gasteiger partial charge in [0.1, 0.15) is 17.0 Å². The van der Waals surface area contributed by atoms with Crippen LogP contribution < -0.4 is 20.1 Å². The predicted octanol–water partition coefficient (Wildman–Crippen LogP) is 2.02. The molecule has 9 nitrogen and oxygen atoms in total. The van der Waals surface area contributed by atoms with Crippen molar-refractivity contribution in [2.75, 3.05) is 25.2 Å². The topological polar surface area (TPSA) is 102 Å². The number of anilines is 1. The lowest BCUT2D eigenvalue weighted by Crippen LogP contribution is -2.35. The zero-order chi connectivity index (χ0) is 20.1. The third-order valence-corrected chi connectivity index (χ3v) is 4.96. The Morgan fingerprint density at radius 2 is 2.10 bits per heavy atom. The summed E-state index contributed by atoms with van der Waals surface area (Å²) in [4.78, 5) is 37.6.